The second-order valence-corrected chi connectivity index (χ2v) is 6.66. The fraction of sp³-hybridized carbons (Fsp3) is 0.333. The molecule has 1 amide bonds. The molecule has 2 aromatic heterocycles. The molecular weight excluding hydrogens is 314 g/mol. The number of nitrogens with zero attached hydrogens (tertiary/aromatic N) is 2. The molecular formula is C12H14BrN3OS. The summed E-state index contributed by atoms with van der Waals surface area (Å²) in [7, 11) is 0. The minimum absolute atomic E-state index is 0.0527. The van der Waals surface area contributed by atoms with Crippen LogP contribution in [0.1, 0.15) is 11.8 Å². The van der Waals surface area contributed by atoms with Crippen LogP contribution in [0.25, 0.3) is 0 Å². The summed E-state index contributed by atoms with van der Waals surface area (Å²) >= 11 is 4.98. The maximum Gasteiger partial charge on any atom is 0.225 e. The molecule has 4 nitrogen and oxygen atoms in total. The largest absolute Gasteiger partial charge is 0.352 e. The molecule has 0 saturated heterocycles. The summed E-state index contributed by atoms with van der Waals surface area (Å²) in [4.78, 5) is 16.9. The van der Waals surface area contributed by atoms with Crippen LogP contribution in [-0.2, 0) is 17.8 Å². The Kier molecular flexibility index (Phi) is 4.54. The van der Waals surface area contributed by atoms with Crippen molar-refractivity contribution in [1.29, 1.82) is 0 Å². The molecule has 0 aliphatic carbocycles. The maximum atomic E-state index is 11.8. The predicted molar refractivity (Wildman–Crippen MR) is 75.6 cm³/mol. The van der Waals surface area contributed by atoms with Gasteiger partial charge in [0.1, 0.15) is 0 Å². The highest BCUT2D eigenvalue weighted by Crippen LogP contribution is 2.22. The van der Waals surface area contributed by atoms with Crippen molar-refractivity contribution in [3.05, 3.63) is 39.5 Å². The van der Waals surface area contributed by atoms with E-state index in [1.54, 1.807) is 23.9 Å². The Bertz CT molecular complexity index is 509. The summed E-state index contributed by atoms with van der Waals surface area (Å²) in [5.74, 6) is 0.0527. The Morgan fingerprint density at radius 2 is 2.44 bits per heavy atom. The first-order chi connectivity index (χ1) is 8.63. The molecule has 0 aliphatic rings. The lowest BCUT2D eigenvalue weighted by molar-refractivity contribution is -0.121. The third kappa shape index (κ3) is 3.96. The van der Waals surface area contributed by atoms with E-state index in [0.29, 0.717) is 6.42 Å². The lowest BCUT2D eigenvalue weighted by atomic mass is 10.3. The smallest absolute Gasteiger partial charge is 0.225 e. The highest BCUT2D eigenvalue weighted by Gasteiger charge is 2.09. The Labute approximate surface area is 118 Å². The third-order valence-corrected chi connectivity index (χ3v) is 4.04. The highest BCUT2D eigenvalue weighted by molar-refractivity contribution is 9.11. The average molecular weight is 328 g/mol. The Morgan fingerprint density at radius 3 is 3.06 bits per heavy atom. The van der Waals surface area contributed by atoms with Gasteiger partial charge in [-0.05, 0) is 35.0 Å². The Morgan fingerprint density at radius 1 is 1.61 bits per heavy atom. The van der Waals surface area contributed by atoms with Gasteiger partial charge in [0.15, 0.2) is 0 Å². The molecule has 0 spiro atoms. The number of rotatable bonds is 5. The summed E-state index contributed by atoms with van der Waals surface area (Å²) in [6, 6.07) is 4.02. The lowest BCUT2D eigenvalue weighted by Gasteiger charge is -2.13. The minimum atomic E-state index is 0.0527. The molecule has 1 unspecified atom stereocenters. The van der Waals surface area contributed by atoms with E-state index in [-0.39, 0.29) is 11.9 Å². The summed E-state index contributed by atoms with van der Waals surface area (Å²) in [6.07, 6.45) is 5.81. The first-order valence-corrected chi connectivity index (χ1v) is 7.24. The summed E-state index contributed by atoms with van der Waals surface area (Å²) in [6.45, 7) is 2.72. The first-order valence-electron chi connectivity index (χ1n) is 5.63. The van der Waals surface area contributed by atoms with Crippen LogP contribution < -0.4 is 5.32 Å². The van der Waals surface area contributed by atoms with Gasteiger partial charge in [-0.25, -0.2) is 4.98 Å². The van der Waals surface area contributed by atoms with Crippen molar-refractivity contribution in [3.63, 3.8) is 0 Å². The van der Waals surface area contributed by atoms with E-state index in [2.05, 4.69) is 26.2 Å². The van der Waals surface area contributed by atoms with Gasteiger partial charge in [0.2, 0.25) is 5.91 Å². The normalized spacial score (nSPS) is 12.3. The van der Waals surface area contributed by atoms with Crippen molar-refractivity contribution in [3.8, 4) is 0 Å². The molecule has 0 aliphatic heterocycles. The topological polar surface area (TPSA) is 46.9 Å². The molecule has 2 rings (SSSR count). The van der Waals surface area contributed by atoms with Gasteiger partial charge in [0.25, 0.3) is 0 Å². The number of aromatic nitrogens is 2. The average Bonchev–Trinajstić information content (AvgIpc) is 2.90. The zero-order chi connectivity index (χ0) is 13.0. The van der Waals surface area contributed by atoms with Crippen LogP contribution in [0, 0.1) is 0 Å². The van der Waals surface area contributed by atoms with E-state index in [0.717, 1.165) is 15.2 Å². The Hall–Kier alpha value is -1.14. The SMILES string of the molecule is CC(Cn1ccnc1)NC(=O)Cc1ccc(Br)s1. The molecule has 6 heteroatoms. The second-order valence-electron chi connectivity index (χ2n) is 4.11. The van der Waals surface area contributed by atoms with E-state index < -0.39 is 0 Å². The van der Waals surface area contributed by atoms with E-state index in [9.17, 15) is 4.79 Å². The van der Waals surface area contributed by atoms with Gasteiger partial charge < -0.3 is 9.88 Å². The summed E-state index contributed by atoms with van der Waals surface area (Å²) in [5.41, 5.74) is 0. The fourth-order valence-electron chi connectivity index (χ4n) is 1.69. The van der Waals surface area contributed by atoms with Crippen LogP contribution in [-0.4, -0.2) is 21.5 Å². The summed E-state index contributed by atoms with van der Waals surface area (Å²) < 4.78 is 3.00. The standard InChI is InChI=1S/C12H14BrN3OS/c1-9(7-16-5-4-14-8-16)15-12(17)6-10-2-3-11(13)18-10/h2-5,8-9H,6-7H2,1H3,(H,15,17). The lowest BCUT2D eigenvalue weighted by Crippen LogP contribution is -2.36. The number of imidazole rings is 1. The van der Waals surface area contributed by atoms with E-state index in [1.165, 1.54) is 0 Å². The van der Waals surface area contributed by atoms with Crippen molar-refractivity contribution in [2.24, 2.45) is 0 Å². The first kappa shape index (κ1) is 13.3. The van der Waals surface area contributed by atoms with Crippen LogP contribution in [0.15, 0.2) is 34.6 Å². The summed E-state index contributed by atoms with van der Waals surface area (Å²) in [5, 5.41) is 2.98. The van der Waals surface area contributed by atoms with E-state index in [1.807, 2.05) is 29.8 Å². The van der Waals surface area contributed by atoms with Gasteiger partial charge in [-0.1, -0.05) is 0 Å². The Balaban J connectivity index is 1.80. The van der Waals surface area contributed by atoms with Crippen molar-refractivity contribution >= 4 is 33.2 Å². The number of thiophene rings is 1. The highest BCUT2D eigenvalue weighted by atomic mass is 79.9. The van der Waals surface area contributed by atoms with Crippen LogP contribution in [0.3, 0.4) is 0 Å². The molecule has 2 heterocycles. The molecule has 1 atom stereocenters. The van der Waals surface area contributed by atoms with Crippen LogP contribution >= 0.6 is 27.3 Å². The third-order valence-electron chi connectivity index (χ3n) is 2.41. The minimum Gasteiger partial charge on any atom is -0.352 e. The molecule has 0 radical (unpaired) electrons. The van der Waals surface area contributed by atoms with Gasteiger partial charge in [0, 0.05) is 29.9 Å². The monoisotopic (exact) mass is 327 g/mol. The van der Waals surface area contributed by atoms with E-state index >= 15 is 0 Å². The number of halogens is 1. The molecule has 1 N–H and O–H groups in total. The van der Waals surface area contributed by atoms with Gasteiger partial charge >= 0.3 is 0 Å². The molecule has 18 heavy (non-hydrogen) atoms. The molecule has 0 fully saturated rings. The fourth-order valence-corrected chi connectivity index (χ4v) is 3.17. The van der Waals surface area contributed by atoms with Crippen molar-refractivity contribution in [2.45, 2.75) is 25.9 Å². The molecule has 0 aromatic carbocycles. The quantitative estimate of drug-likeness (QED) is 0.916. The van der Waals surface area contributed by atoms with Crippen LogP contribution in [0.5, 0.6) is 0 Å². The van der Waals surface area contributed by atoms with Crippen LogP contribution in [0.2, 0.25) is 0 Å². The number of amides is 1. The maximum absolute atomic E-state index is 11.8. The number of carbonyl (C=O) groups excluding carboxylic acids is 1. The number of hydrogen-bond donors (Lipinski definition) is 1. The number of carbonyl (C=O) groups is 1. The molecule has 0 bridgehead atoms. The van der Waals surface area contributed by atoms with Gasteiger partial charge in [-0.15, -0.1) is 11.3 Å². The van der Waals surface area contributed by atoms with Crippen LogP contribution in [0.4, 0.5) is 0 Å². The second kappa shape index (κ2) is 6.15. The van der Waals surface area contributed by atoms with Gasteiger partial charge in [-0.2, -0.15) is 0 Å². The predicted octanol–water partition coefficient (Wildman–Crippen LogP) is 2.45. The number of nitrogens with one attached hydrogen (secondary N) is 1. The molecule has 0 saturated carbocycles. The van der Waals surface area contributed by atoms with Crippen molar-refractivity contribution in [2.75, 3.05) is 0 Å². The zero-order valence-electron chi connectivity index (χ0n) is 9.97. The van der Waals surface area contributed by atoms with E-state index in [4.69, 9.17) is 0 Å². The number of hydrogen-bond acceptors (Lipinski definition) is 3. The van der Waals surface area contributed by atoms with Gasteiger partial charge in [-0.3, -0.25) is 4.79 Å². The van der Waals surface area contributed by atoms with Gasteiger partial charge in [0.05, 0.1) is 16.5 Å². The van der Waals surface area contributed by atoms with Crippen molar-refractivity contribution in [1.82, 2.24) is 14.9 Å². The van der Waals surface area contributed by atoms with Crippen molar-refractivity contribution < 1.29 is 4.79 Å². The zero-order valence-corrected chi connectivity index (χ0v) is 12.4. The molecule has 96 valence electrons. The molecule has 2 aromatic rings.